The van der Waals surface area contributed by atoms with Crippen LogP contribution in [0.3, 0.4) is 0 Å². The summed E-state index contributed by atoms with van der Waals surface area (Å²) in [5.41, 5.74) is 1.06. The fourth-order valence-electron chi connectivity index (χ4n) is 2.23. The Morgan fingerprint density at radius 2 is 1.71 bits per heavy atom. The molecule has 4 nitrogen and oxygen atoms in total. The zero-order valence-corrected chi connectivity index (χ0v) is 14.4. The molecule has 0 aromatic heterocycles. The van der Waals surface area contributed by atoms with E-state index >= 15 is 0 Å². The predicted octanol–water partition coefficient (Wildman–Crippen LogP) is 3.43. The largest absolute Gasteiger partial charge is 0.496 e. The third kappa shape index (κ3) is 4.37. The van der Waals surface area contributed by atoms with Crippen molar-refractivity contribution in [3.05, 3.63) is 17.7 Å². The molecule has 0 bridgehead atoms. The van der Waals surface area contributed by atoms with Crippen LogP contribution >= 0.6 is 23.5 Å². The number of benzene rings is 1. The van der Waals surface area contributed by atoms with Crippen LogP contribution in [0.2, 0.25) is 0 Å². The third-order valence-electron chi connectivity index (χ3n) is 3.21. The van der Waals surface area contributed by atoms with Crippen molar-refractivity contribution in [2.45, 2.75) is 17.4 Å². The molecule has 6 heteroatoms. The van der Waals surface area contributed by atoms with Gasteiger partial charge in [-0.25, -0.2) is 0 Å². The summed E-state index contributed by atoms with van der Waals surface area (Å²) >= 11 is 4.01. The molecular weight excluding hydrogens is 308 g/mol. The maximum atomic E-state index is 5.75. The van der Waals surface area contributed by atoms with Gasteiger partial charge in [0.2, 0.25) is 0 Å². The van der Waals surface area contributed by atoms with E-state index in [0.29, 0.717) is 10.3 Å². The second-order valence-corrected chi connectivity index (χ2v) is 7.48. The Bertz CT molecular complexity index is 448. The minimum absolute atomic E-state index is 0.196. The lowest BCUT2D eigenvalue weighted by Gasteiger charge is -2.24. The summed E-state index contributed by atoms with van der Waals surface area (Å²) < 4.78 is 22.2. The Hall–Kier alpha value is -0.720. The topological polar surface area (TPSA) is 36.9 Å². The van der Waals surface area contributed by atoms with Crippen LogP contribution in [-0.4, -0.2) is 44.2 Å². The number of thioether (sulfide) groups is 2. The van der Waals surface area contributed by atoms with Gasteiger partial charge in [-0.15, -0.1) is 23.5 Å². The summed E-state index contributed by atoms with van der Waals surface area (Å²) in [5, 5.41) is 0. The van der Waals surface area contributed by atoms with E-state index in [1.807, 2.05) is 35.7 Å². The van der Waals surface area contributed by atoms with Crippen LogP contribution in [0.5, 0.6) is 17.2 Å². The average Bonchev–Trinajstić information content (AvgIpc) is 2.54. The molecule has 0 unspecified atom stereocenters. The molecule has 0 spiro atoms. The molecule has 0 amide bonds. The molecule has 2 rings (SSSR count). The molecule has 0 radical (unpaired) electrons. The first-order valence-electron chi connectivity index (χ1n) is 6.89. The normalized spacial score (nSPS) is 15.8. The summed E-state index contributed by atoms with van der Waals surface area (Å²) in [5.74, 6) is 4.73. The molecule has 118 valence electrons. The molecular formula is C15H22O4S2. The highest BCUT2D eigenvalue weighted by Crippen LogP contribution is 2.42. The Morgan fingerprint density at radius 3 is 2.33 bits per heavy atom. The van der Waals surface area contributed by atoms with Gasteiger partial charge in [-0.2, -0.15) is 0 Å². The highest BCUT2D eigenvalue weighted by molar-refractivity contribution is 8.17. The van der Waals surface area contributed by atoms with Crippen molar-refractivity contribution in [3.8, 4) is 17.2 Å². The molecule has 0 N–H and O–H groups in total. The molecule has 1 heterocycles. The molecule has 1 fully saturated rings. The van der Waals surface area contributed by atoms with Crippen LogP contribution in [0.1, 0.15) is 12.0 Å². The van der Waals surface area contributed by atoms with E-state index in [1.165, 1.54) is 17.9 Å². The van der Waals surface area contributed by atoms with Gasteiger partial charge in [0.1, 0.15) is 5.75 Å². The van der Waals surface area contributed by atoms with Gasteiger partial charge in [-0.1, -0.05) is 0 Å². The minimum atomic E-state index is 0.196. The second kappa shape index (κ2) is 8.66. The number of hydrogen-bond donors (Lipinski definition) is 0. The van der Waals surface area contributed by atoms with E-state index in [4.69, 9.17) is 18.9 Å². The summed E-state index contributed by atoms with van der Waals surface area (Å²) in [4.78, 5) is 0. The van der Waals surface area contributed by atoms with E-state index in [0.717, 1.165) is 23.5 Å². The molecule has 0 aliphatic carbocycles. The zero-order chi connectivity index (χ0) is 15.1. The fourth-order valence-corrected chi connectivity index (χ4v) is 5.09. The maximum absolute atomic E-state index is 5.75. The van der Waals surface area contributed by atoms with Crippen molar-refractivity contribution in [2.75, 3.05) is 39.6 Å². The quantitative estimate of drug-likeness (QED) is 0.713. The fraction of sp³-hybridized carbons (Fsp3) is 0.600. The molecule has 1 aliphatic heterocycles. The van der Waals surface area contributed by atoms with Gasteiger partial charge in [0.05, 0.1) is 18.8 Å². The first-order chi connectivity index (χ1) is 10.3. The van der Waals surface area contributed by atoms with E-state index in [-0.39, 0.29) is 6.79 Å². The lowest BCUT2D eigenvalue weighted by Crippen LogP contribution is -2.12. The standard InChI is InChI=1S/C15H22O4S2/c1-16-10-19-15-11(9-14-20-7-4-8-21-14)12(17-2)5-6-13(15)18-3/h5-6,14H,4,7-10H2,1-3H3. The number of hydrogen-bond acceptors (Lipinski definition) is 6. The average molecular weight is 330 g/mol. The van der Waals surface area contributed by atoms with E-state index < -0.39 is 0 Å². The van der Waals surface area contributed by atoms with Crippen LogP contribution in [0.15, 0.2) is 12.1 Å². The second-order valence-electron chi connectivity index (χ2n) is 4.56. The molecule has 1 aliphatic rings. The van der Waals surface area contributed by atoms with Crippen LogP contribution in [0.25, 0.3) is 0 Å². The van der Waals surface area contributed by atoms with Gasteiger partial charge >= 0.3 is 0 Å². The summed E-state index contributed by atoms with van der Waals surface area (Å²) in [6.07, 6.45) is 2.18. The molecule has 1 aromatic rings. The Kier molecular flexibility index (Phi) is 6.86. The van der Waals surface area contributed by atoms with Crippen LogP contribution in [0.4, 0.5) is 0 Å². The Labute approximate surface area is 134 Å². The minimum Gasteiger partial charge on any atom is -0.496 e. The van der Waals surface area contributed by atoms with E-state index in [1.54, 1.807) is 21.3 Å². The molecule has 1 aromatic carbocycles. The first-order valence-corrected chi connectivity index (χ1v) is 8.98. The third-order valence-corrected chi connectivity index (χ3v) is 6.15. The van der Waals surface area contributed by atoms with Gasteiger partial charge in [0.25, 0.3) is 0 Å². The van der Waals surface area contributed by atoms with Crippen LogP contribution in [0, 0.1) is 0 Å². The number of methoxy groups -OCH3 is 3. The summed E-state index contributed by atoms with van der Waals surface area (Å²) in [7, 11) is 4.95. The smallest absolute Gasteiger partial charge is 0.188 e. The lowest BCUT2D eigenvalue weighted by atomic mass is 10.1. The zero-order valence-electron chi connectivity index (χ0n) is 12.7. The summed E-state index contributed by atoms with van der Waals surface area (Å²) in [6.45, 7) is 0.196. The maximum Gasteiger partial charge on any atom is 0.188 e. The van der Waals surface area contributed by atoms with Crippen molar-refractivity contribution in [2.24, 2.45) is 0 Å². The van der Waals surface area contributed by atoms with Gasteiger partial charge in [-0.05, 0) is 30.1 Å². The van der Waals surface area contributed by atoms with Gasteiger partial charge < -0.3 is 18.9 Å². The highest BCUT2D eigenvalue weighted by Gasteiger charge is 2.22. The van der Waals surface area contributed by atoms with Gasteiger partial charge in [0, 0.05) is 19.1 Å². The van der Waals surface area contributed by atoms with Crippen molar-refractivity contribution >= 4 is 23.5 Å². The first kappa shape index (κ1) is 16.6. The van der Waals surface area contributed by atoms with Crippen LogP contribution in [-0.2, 0) is 11.2 Å². The van der Waals surface area contributed by atoms with Crippen LogP contribution < -0.4 is 14.2 Å². The SMILES string of the molecule is COCOc1c(OC)ccc(OC)c1CC1SCCCS1. The summed E-state index contributed by atoms with van der Waals surface area (Å²) in [6, 6.07) is 3.81. The molecule has 0 atom stereocenters. The number of ether oxygens (including phenoxy) is 4. The van der Waals surface area contributed by atoms with E-state index in [9.17, 15) is 0 Å². The Balaban J connectivity index is 2.28. The van der Waals surface area contributed by atoms with E-state index in [2.05, 4.69) is 0 Å². The lowest BCUT2D eigenvalue weighted by molar-refractivity contribution is 0.0482. The van der Waals surface area contributed by atoms with Crippen molar-refractivity contribution in [1.29, 1.82) is 0 Å². The molecule has 0 saturated carbocycles. The monoisotopic (exact) mass is 330 g/mol. The van der Waals surface area contributed by atoms with Crippen molar-refractivity contribution in [1.82, 2.24) is 0 Å². The van der Waals surface area contributed by atoms with Crippen molar-refractivity contribution < 1.29 is 18.9 Å². The van der Waals surface area contributed by atoms with Gasteiger partial charge in [-0.3, -0.25) is 0 Å². The molecule has 1 saturated heterocycles. The van der Waals surface area contributed by atoms with Gasteiger partial charge in [0.15, 0.2) is 18.3 Å². The Morgan fingerprint density at radius 1 is 1.05 bits per heavy atom. The molecule has 21 heavy (non-hydrogen) atoms. The van der Waals surface area contributed by atoms with Crippen molar-refractivity contribution in [3.63, 3.8) is 0 Å². The number of rotatable bonds is 7. The highest BCUT2D eigenvalue weighted by atomic mass is 32.2. The predicted molar refractivity (Wildman–Crippen MR) is 89.1 cm³/mol.